The number of amides is 1. The number of rotatable bonds is 5. The van der Waals surface area contributed by atoms with E-state index in [1.165, 1.54) is 23.1 Å². The zero-order valence-electron chi connectivity index (χ0n) is 14.9. The van der Waals surface area contributed by atoms with Crippen molar-refractivity contribution in [3.8, 4) is 11.3 Å². The molecule has 0 aliphatic carbocycles. The second-order valence-corrected chi connectivity index (χ2v) is 6.10. The average molecular weight is 367 g/mol. The molecule has 0 bridgehead atoms. The van der Waals surface area contributed by atoms with E-state index in [1.54, 1.807) is 56.6 Å². The highest BCUT2D eigenvalue weighted by molar-refractivity contribution is 5.91. The van der Waals surface area contributed by atoms with Crippen LogP contribution in [0, 0.1) is 5.82 Å². The molecule has 1 aromatic heterocycles. The monoisotopic (exact) mass is 367 g/mol. The number of furan rings is 1. The van der Waals surface area contributed by atoms with E-state index in [2.05, 4.69) is 0 Å². The first-order valence-electron chi connectivity index (χ1n) is 8.28. The van der Waals surface area contributed by atoms with Gasteiger partial charge in [-0.05, 0) is 36.4 Å². The number of halogens is 1. The molecular formula is C21H18FNO4. The third-order valence-corrected chi connectivity index (χ3v) is 3.93. The molecule has 5 nitrogen and oxygen atoms in total. The summed E-state index contributed by atoms with van der Waals surface area (Å²) < 4.78 is 24.0. The van der Waals surface area contributed by atoms with Gasteiger partial charge < -0.3 is 14.1 Å². The number of esters is 1. The smallest absolute Gasteiger partial charge is 0.375 e. The van der Waals surface area contributed by atoms with E-state index in [0.717, 1.165) is 0 Å². The van der Waals surface area contributed by atoms with Crippen molar-refractivity contribution in [1.29, 1.82) is 0 Å². The third kappa shape index (κ3) is 4.23. The van der Waals surface area contributed by atoms with Gasteiger partial charge in [-0.1, -0.05) is 30.3 Å². The number of nitrogens with zero attached hydrogens (tertiary/aromatic N) is 1. The number of carbonyl (C=O) groups excluding carboxylic acids is 2. The number of likely N-dealkylation sites (N-methyl/N-ethyl adjacent to an activating group) is 1. The summed E-state index contributed by atoms with van der Waals surface area (Å²) in [5.41, 5.74) is 1.19. The lowest BCUT2D eigenvalue weighted by Crippen LogP contribution is -2.31. The van der Waals surface area contributed by atoms with Crippen LogP contribution in [0.4, 0.5) is 4.39 Å². The minimum absolute atomic E-state index is 0.0400. The van der Waals surface area contributed by atoms with Gasteiger partial charge in [0.05, 0.1) is 0 Å². The van der Waals surface area contributed by atoms with Gasteiger partial charge in [0.1, 0.15) is 11.6 Å². The fourth-order valence-corrected chi connectivity index (χ4v) is 2.51. The highest BCUT2D eigenvalue weighted by Gasteiger charge is 2.28. The molecule has 3 aromatic rings. The molecule has 0 radical (unpaired) electrons. The van der Waals surface area contributed by atoms with Crippen molar-refractivity contribution in [1.82, 2.24) is 4.90 Å². The summed E-state index contributed by atoms with van der Waals surface area (Å²) in [5, 5.41) is 0. The van der Waals surface area contributed by atoms with Crippen LogP contribution in [0.25, 0.3) is 11.3 Å². The third-order valence-electron chi connectivity index (χ3n) is 3.93. The van der Waals surface area contributed by atoms with Crippen LogP contribution in [-0.2, 0) is 9.53 Å². The van der Waals surface area contributed by atoms with Crippen LogP contribution in [0.1, 0.15) is 22.2 Å². The molecule has 0 aliphatic rings. The topological polar surface area (TPSA) is 59.8 Å². The fourth-order valence-electron chi connectivity index (χ4n) is 2.51. The Bertz CT molecular complexity index is 932. The number of carbonyl (C=O) groups is 2. The Morgan fingerprint density at radius 2 is 1.63 bits per heavy atom. The normalized spacial score (nSPS) is 11.7. The number of hydrogen-bond acceptors (Lipinski definition) is 4. The van der Waals surface area contributed by atoms with Crippen LogP contribution in [0.5, 0.6) is 0 Å². The molecule has 1 unspecified atom stereocenters. The molecule has 0 saturated carbocycles. The van der Waals surface area contributed by atoms with Crippen LogP contribution in [0.3, 0.4) is 0 Å². The molecule has 2 aromatic carbocycles. The fraction of sp³-hybridized carbons (Fsp3) is 0.143. The van der Waals surface area contributed by atoms with E-state index in [1.807, 2.05) is 6.07 Å². The molecule has 0 spiro atoms. The van der Waals surface area contributed by atoms with Crippen molar-refractivity contribution in [2.24, 2.45) is 0 Å². The van der Waals surface area contributed by atoms with Gasteiger partial charge >= 0.3 is 5.97 Å². The second kappa shape index (κ2) is 7.86. The Morgan fingerprint density at radius 1 is 0.963 bits per heavy atom. The standard InChI is InChI=1S/C21H18FNO4/c1-23(2)20(24)19(15-6-4-3-5-7-15)27-21(25)18-13-12-17(26-18)14-8-10-16(22)11-9-14/h3-13,19H,1-2H3. The molecule has 1 heterocycles. The molecule has 1 amide bonds. The quantitative estimate of drug-likeness (QED) is 0.638. The van der Waals surface area contributed by atoms with Crippen molar-refractivity contribution in [3.05, 3.63) is 83.9 Å². The number of benzene rings is 2. The Morgan fingerprint density at radius 3 is 2.26 bits per heavy atom. The maximum Gasteiger partial charge on any atom is 0.375 e. The van der Waals surface area contributed by atoms with Crippen LogP contribution < -0.4 is 0 Å². The molecule has 138 valence electrons. The van der Waals surface area contributed by atoms with Gasteiger partial charge in [0.15, 0.2) is 0 Å². The first kappa shape index (κ1) is 18.4. The van der Waals surface area contributed by atoms with Crippen molar-refractivity contribution >= 4 is 11.9 Å². The van der Waals surface area contributed by atoms with E-state index in [9.17, 15) is 14.0 Å². The van der Waals surface area contributed by atoms with E-state index in [0.29, 0.717) is 16.9 Å². The lowest BCUT2D eigenvalue weighted by atomic mass is 10.1. The van der Waals surface area contributed by atoms with Crippen molar-refractivity contribution in [2.45, 2.75) is 6.10 Å². The molecule has 0 saturated heterocycles. The molecule has 6 heteroatoms. The maximum absolute atomic E-state index is 13.0. The van der Waals surface area contributed by atoms with Gasteiger partial charge in [0.25, 0.3) is 5.91 Å². The zero-order valence-corrected chi connectivity index (χ0v) is 14.9. The average Bonchev–Trinajstić information content (AvgIpc) is 3.17. The highest BCUT2D eigenvalue weighted by atomic mass is 19.1. The van der Waals surface area contributed by atoms with Crippen LogP contribution in [0.15, 0.2) is 71.1 Å². The Hall–Kier alpha value is -3.41. The van der Waals surface area contributed by atoms with Crippen molar-refractivity contribution in [3.63, 3.8) is 0 Å². The first-order valence-corrected chi connectivity index (χ1v) is 8.28. The van der Waals surface area contributed by atoms with Gasteiger partial charge in [-0.15, -0.1) is 0 Å². The lowest BCUT2D eigenvalue weighted by Gasteiger charge is -2.20. The predicted molar refractivity (Wildman–Crippen MR) is 97.4 cm³/mol. The summed E-state index contributed by atoms with van der Waals surface area (Å²) in [6.45, 7) is 0. The van der Waals surface area contributed by atoms with E-state index in [-0.39, 0.29) is 17.5 Å². The summed E-state index contributed by atoms with van der Waals surface area (Å²) in [7, 11) is 3.18. The Kier molecular flexibility index (Phi) is 5.35. The summed E-state index contributed by atoms with van der Waals surface area (Å²) in [6, 6.07) is 17.5. The summed E-state index contributed by atoms with van der Waals surface area (Å²) >= 11 is 0. The maximum atomic E-state index is 13.0. The van der Waals surface area contributed by atoms with Crippen molar-refractivity contribution in [2.75, 3.05) is 14.1 Å². The predicted octanol–water partition coefficient (Wildman–Crippen LogP) is 4.07. The molecule has 0 aliphatic heterocycles. The first-order chi connectivity index (χ1) is 13.0. The molecule has 1 atom stereocenters. The summed E-state index contributed by atoms with van der Waals surface area (Å²) in [4.78, 5) is 26.3. The zero-order chi connectivity index (χ0) is 19.4. The SMILES string of the molecule is CN(C)C(=O)C(OC(=O)c1ccc(-c2ccc(F)cc2)o1)c1ccccc1. The van der Waals surface area contributed by atoms with Gasteiger partial charge in [-0.2, -0.15) is 0 Å². The summed E-state index contributed by atoms with van der Waals surface area (Å²) in [6.07, 6.45) is -1.08. The minimum Gasteiger partial charge on any atom is -0.449 e. The van der Waals surface area contributed by atoms with Gasteiger partial charge in [-0.25, -0.2) is 9.18 Å². The van der Waals surface area contributed by atoms with Crippen LogP contribution in [0.2, 0.25) is 0 Å². The van der Waals surface area contributed by atoms with E-state index < -0.39 is 12.1 Å². The van der Waals surface area contributed by atoms with Gasteiger partial charge in [0, 0.05) is 25.2 Å². The molecule has 27 heavy (non-hydrogen) atoms. The highest BCUT2D eigenvalue weighted by Crippen LogP contribution is 2.25. The molecule has 0 N–H and O–H groups in total. The second-order valence-electron chi connectivity index (χ2n) is 6.10. The molecule has 3 rings (SSSR count). The van der Waals surface area contributed by atoms with Crippen LogP contribution in [-0.4, -0.2) is 30.9 Å². The minimum atomic E-state index is -1.08. The van der Waals surface area contributed by atoms with Crippen molar-refractivity contribution < 1.29 is 23.1 Å². The van der Waals surface area contributed by atoms with E-state index in [4.69, 9.17) is 9.15 Å². The summed E-state index contributed by atoms with van der Waals surface area (Å²) in [5.74, 6) is -1.12. The van der Waals surface area contributed by atoms with Crippen LogP contribution >= 0.6 is 0 Å². The van der Waals surface area contributed by atoms with Gasteiger partial charge in [0.2, 0.25) is 11.9 Å². The van der Waals surface area contributed by atoms with E-state index >= 15 is 0 Å². The number of ether oxygens (including phenoxy) is 1. The van der Waals surface area contributed by atoms with Gasteiger partial charge in [-0.3, -0.25) is 4.79 Å². The largest absolute Gasteiger partial charge is 0.449 e. The number of hydrogen-bond donors (Lipinski definition) is 0. The Balaban J connectivity index is 1.82. The molecular weight excluding hydrogens is 349 g/mol. The lowest BCUT2D eigenvalue weighted by molar-refractivity contribution is -0.138. The Labute approximate surface area is 156 Å². The molecule has 0 fully saturated rings.